The summed E-state index contributed by atoms with van der Waals surface area (Å²) >= 11 is 0. The summed E-state index contributed by atoms with van der Waals surface area (Å²) in [5.41, 5.74) is 7.31. The molecule has 0 aromatic rings. The molecule has 2 unspecified atom stereocenters. The Morgan fingerprint density at radius 1 is 1.40 bits per heavy atom. The molecule has 0 radical (unpaired) electrons. The van der Waals surface area contributed by atoms with Gasteiger partial charge in [-0.3, -0.25) is 4.79 Å². The molecule has 0 aromatic heterocycles. The summed E-state index contributed by atoms with van der Waals surface area (Å²) in [5.74, 6) is 0.858. The van der Waals surface area contributed by atoms with E-state index in [1.165, 1.54) is 32.1 Å². The summed E-state index contributed by atoms with van der Waals surface area (Å²) in [6, 6.07) is 0.0507. The second kappa shape index (κ2) is 6.14. The van der Waals surface area contributed by atoms with Crippen molar-refractivity contribution in [1.29, 1.82) is 0 Å². The van der Waals surface area contributed by atoms with Gasteiger partial charge >= 0.3 is 0 Å². The zero-order chi connectivity index (χ0) is 13.9. The van der Waals surface area contributed by atoms with Crippen LogP contribution in [0.2, 0.25) is 0 Å². The molecule has 2 fully saturated rings. The van der Waals surface area contributed by atoms with Crippen molar-refractivity contribution < 1.29 is 9.53 Å². The number of carbonyl (C=O) groups is 1. The maximum Gasteiger partial charge on any atom is 0.239 e. The second-order valence-electron chi connectivity index (χ2n) is 6.25. The number of hydrazine groups is 1. The number of carbonyl (C=O) groups excluding carboxylic acids is 1. The Kier molecular flexibility index (Phi) is 4.27. The van der Waals surface area contributed by atoms with E-state index in [4.69, 9.17) is 4.74 Å². The van der Waals surface area contributed by atoms with Crippen molar-refractivity contribution in [2.24, 2.45) is 11.8 Å². The van der Waals surface area contributed by atoms with Crippen molar-refractivity contribution in [2.75, 3.05) is 13.2 Å². The highest BCUT2D eigenvalue weighted by molar-refractivity contribution is 5.83. The van der Waals surface area contributed by atoms with Crippen LogP contribution in [0.3, 0.4) is 0 Å². The summed E-state index contributed by atoms with van der Waals surface area (Å²) in [6.07, 6.45) is 8.46. The molecule has 5 nitrogen and oxygen atoms in total. The third kappa shape index (κ3) is 2.83. The minimum atomic E-state index is -0.215. The predicted molar refractivity (Wildman–Crippen MR) is 76.6 cm³/mol. The lowest BCUT2D eigenvalue weighted by Gasteiger charge is -2.30. The topological polar surface area (TPSA) is 62.4 Å². The first-order valence-corrected chi connectivity index (χ1v) is 7.85. The number of hydrogen-bond acceptors (Lipinski definition) is 4. The Bertz CT molecular complexity index is 391. The molecule has 20 heavy (non-hydrogen) atoms. The summed E-state index contributed by atoms with van der Waals surface area (Å²) in [4.78, 5) is 12.5. The summed E-state index contributed by atoms with van der Waals surface area (Å²) in [6.45, 7) is 3.39. The van der Waals surface area contributed by atoms with Crippen LogP contribution in [-0.4, -0.2) is 31.2 Å². The first-order chi connectivity index (χ1) is 9.75. The van der Waals surface area contributed by atoms with Crippen LogP contribution < -0.4 is 16.2 Å². The van der Waals surface area contributed by atoms with E-state index in [0.29, 0.717) is 19.1 Å². The molecule has 1 aliphatic carbocycles. The monoisotopic (exact) mass is 279 g/mol. The Morgan fingerprint density at radius 2 is 2.20 bits per heavy atom. The van der Waals surface area contributed by atoms with Crippen LogP contribution in [0.5, 0.6) is 0 Å². The molecule has 3 rings (SSSR count). The van der Waals surface area contributed by atoms with E-state index < -0.39 is 0 Å². The van der Waals surface area contributed by atoms with Gasteiger partial charge in [0, 0.05) is 17.7 Å². The van der Waals surface area contributed by atoms with Crippen LogP contribution in [0.1, 0.15) is 39.0 Å². The molecule has 1 amide bonds. The van der Waals surface area contributed by atoms with Crippen LogP contribution in [0, 0.1) is 11.8 Å². The lowest BCUT2D eigenvalue weighted by atomic mass is 9.84. The van der Waals surface area contributed by atoms with Gasteiger partial charge in [-0.15, -0.1) is 0 Å². The van der Waals surface area contributed by atoms with Gasteiger partial charge < -0.3 is 15.5 Å². The van der Waals surface area contributed by atoms with Gasteiger partial charge in [0.15, 0.2) is 0 Å². The summed E-state index contributed by atoms with van der Waals surface area (Å²) in [5, 5.41) is 3.20. The van der Waals surface area contributed by atoms with E-state index in [2.05, 4.69) is 23.1 Å². The number of amides is 1. The first-order valence-electron chi connectivity index (χ1n) is 7.85. The molecule has 0 spiro atoms. The fourth-order valence-corrected chi connectivity index (χ4v) is 3.58. The van der Waals surface area contributed by atoms with Crippen molar-refractivity contribution in [3.05, 3.63) is 11.8 Å². The molecule has 1 saturated carbocycles. The van der Waals surface area contributed by atoms with Crippen LogP contribution in [0.15, 0.2) is 11.8 Å². The lowest BCUT2D eigenvalue weighted by molar-refractivity contribution is -0.125. The Labute approximate surface area is 120 Å². The van der Waals surface area contributed by atoms with Gasteiger partial charge in [-0.05, 0) is 31.8 Å². The maximum atomic E-state index is 12.5. The molecular weight excluding hydrogens is 254 g/mol. The zero-order valence-corrected chi connectivity index (χ0v) is 12.2. The van der Waals surface area contributed by atoms with Gasteiger partial charge in [0.05, 0.1) is 13.2 Å². The summed E-state index contributed by atoms with van der Waals surface area (Å²) < 4.78 is 5.45. The molecule has 112 valence electrons. The van der Waals surface area contributed by atoms with E-state index in [0.717, 1.165) is 5.70 Å². The van der Waals surface area contributed by atoms with E-state index >= 15 is 0 Å². The van der Waals surface area contributed by atoms with Gasteiger partial charge in [0.2, 0.25) is 5.91 Å². The van der Waals surface area contributed by atoms with E-state index in [-0.39, 0.29) is 23.9 Å². The van der Waals surface area contributed by atoms with Crippen LogP contribution in [0.25, 0.3) is 0 Å². The maximum absolute atomic E-state index is 12.5. The van der Waals surface area contributed by atoms with E-state index in [1.54, 1.807) is 0 Å². The largest absolute Gasteiger partial charge is 0.377 e. The Morgan fingerprint density at radius 3 is 3.00 bits per heavy atom. The van der Waals surface area contributed by atoms with Gasteiger partial charge in [-0.2, -0.15) is 0 Å². The minimum absolute atomic E-state index is 0.0921. The lowest BCUT2D eigenvalue weighted by Crippen LogP contribution is -2.50. The quantitative estimate of drug-likeness (QED) is 0.723. The molecule has 1 saturated heterocycles. The molecule has 0 aromatic carbocycles. The molecule has 5 heteroatoms. The van der Waals surface area contributed by atoms with Crippen molar-refractivity contribution in [2.45, 2.75) is 51.1 Å². The van der Waals surface area contributed by atoms with Gasteiger partial charge in [-0.25, -0.2) is 5.43 Å². The fourth-order valence-electron chi connectivity index (χ4n) is 3.58. The zero-order valence-electron chi connectivity index (χ0n) is 12.2. The van der Waals surface area contributed by atoms with Gasteiger partial charge in [0.1, 0.15) is 6.04 Å². The highest BCUT2D eigenvalue weighted by Gasteiger charge is 2.38. The number of fused-ring (bicyclic) bond motifs is 1. The van der Waals surface area contributed by atoms with Crippen LogP contribution in [0.4, 0.5) is 0 Å². The molecule has 3 aliphatic rings. The highest BCUT2D eigenvalue weighted by atomic mass is 16.5. The number of rotatable bonds is 3. The highest BCUT2D eigenvalue weighted by Crippen LogP contribution is 2.27. The minimum Gasteiger partial charge on any atom is -0.377 e. The number of ether oxygens (including phenoxy) is 1. The average molecular weight is 279 g/mol. The van der Waals surface area contributed by atoms with Crippen molar-refractivity contribution >= 4 is 5.91 Å². The molecule has 2 heterocycles. The standard InChI is InChI=1S/C15H25N3O2/c1-10(11-5-3-2-4-6-11)16-15(19)14-12-9-20-8-7-13(12)17-18-14/h7,10-12,14,17-18H,2-6,8-9H2,1H3,(H,16,19)/t10-,12?,14?/m1/s1. The fraction of sp³-hybridized carbons (Fsp3) is 0.800. The Balaban J connectivity index is 1.56. The second-order valence-corrected chi connectivity index (χ2v) is 6.25. The normalized spacial score (nSPS) is 31.9. The molecule has 0 bridgehead atoms. The predicted octanol–water partition coefficient (Wildman–Crippen LogP) is 1.08. The smallest absolute Gasteiger partial charge is 0.239 e. The van der Waals surface area contributed by atoms with E-state index in [9.17, 15) is 4.79 Å². The SMILES string of the molecule is C[C@@H](NC(=O)C1NNC2=CCOCC21)C1CCCCC1. The van der Waals surface area contributed by atoms with Gasteiger partial charge in [0.25, 0.3) is 0 Å². The molecule has 3 atom stereocenters. The summed E-state index contributed by atoms with van der Waals surface area (Å²) in [7, 11) is 0. The molecule has 3 N–H and O–H groups in total. The third-order valence-electron chi connectivity index (χ3n) is 4.90. The molecule has 2 aliphatic heterocycles. The molecular formula is C15H25N3O2. The average Bonchev–Trinajstić information content (AvgIpc) is 2.92. The third-order valence-corrected chi connectivity index (χ3v) is 4.90. The van der Waals surface area contributed by atoms with Crippen molar-refractivity contribution in [3.63, 3.8) is 0 Å². The number of hydrogen-bond donors (Lipinski definition) is 3. The van der Waals surface area contributed by atoms with Crippen molar-refractivity contribution in [3.8, 4) is 0 Å². The van der Waals surface area contributed by atoms with E-state index in [1.807, 2.05) is 6.08 Å². The van der Waals surface area contributed by atoms with Crippen LogP contribution >= 0.6 is 0 Å². The van der Waals surface area contributed by atoms with Gasteiger partial charge in [-0.1, -0.05) is 19.3 Å². The number of nitrogens with one attached hydrogen (secondary N) is 3. The Hall–Kier alpha value is -1.07. The van der Waals surface area contributed by atoms with Crippen molar-refractivity contribution in [1.82, 2.24) is 16.2 Å². The van der Waals surface area contributed by atoms with Crippen LogP contribution in [-0.2, 0) is 9.53 Å². The first kappa shape index (κ1) is 13.9.